The van der Waals surface area contributed by atoms with Crippen molar-refractivity contribution in [1.82, 2.24) is 5.32 Å². The number of halogens is 2. The number of amides is 1. The second-order valence-corrected chi connectivity index (χ2v) is 5.11. The van der Waals surface area contributed by atoms with Gasteiger partial charge in [0, 0.05) is 15.6 Å². The zero-order chi connectivity index (χ0) is 13.9. The minimum absolute atomic E-state index is 0.144. The maximum atomic E-state index is 10.8. The quantitative estimate of drug-likeness (QED) is 0.797. The predicted molar refractivity (Wildman–Crippen MR) is 71.2 cm³/mol. The van der Waals surface area contributed by atoms with E-state index < -0.39 is 18.2 Å². The lowest BCUT2D eigenvalue weighted by Crippen LogP contribution is -2.38. The molecule has 1 amide bonds. The summed E-state index contributed by atoms with van der Waals surface area (Å²) in [6.07, 6.45) is -2.16. The van der Waals surface area contributed by atoms with E-state index in [4.69, 9.17) is 28.3 Å². The van der Waals surface area contributed by atoms with Crippen molar-refractivity contribution >= 4 is 29.3 Å². The van der Waals surface area contributed by atoms with Crippen molar-refractivity contribution in [2.24, 2.45) is 5.92 Å². The van der Waals surface area contributed by atoms with Gasteiger partial charge in [-0.15, -0.1) is 0 Å². The normalized spacial score (nSPS) is 14.3. The van der Waals surface area contributed by atoms with E-state index in [1.54, 1.807) is 32.0 Å². The molecule has 100 valence electrons. The summed E-state index contributed by atoms with van der Waals surface area (Å²) in [4.78, 5) is 10.8. The maximum Gasteiger partial charge on any atom is 0.405 e. The van der Waals surface area contributed by atoms with Crippen LogP contribution < -0.4 is 5.32 Å². The first-order valence-corrected chi connectivity index (χ1v) is 6.21. The van der Waals surface area contributed by atoms with Gasteiger partial charge in [-0.3, -0.25) is 0 Å². The van der Waals surface area contributed by atoms with Crippen LogP contribution >= 0.6 is 23.2 Å². The SMILES string of the molecule is CC(C)[C@H](O)[C@@H](NC(=O)O)c1c(Cl)cccc1Cl. The van der Waals surface area contributed by atoms with Gasteiger partial charge in [0.1, 0.15) is 0 Å². The molecule has 2 atom stereocenters. The Morgan fingerprint density at radius 1 is 1.28 bits per heavy atom. The van der Waals surface area contributed by atoms with Crippen molar-refractivity contribution in [2.45, 2.75) is 26.0 Å². The fraction of sp³-hybridized carbons (Fsp3) is 0.417. The molecule has 0 aliphatic heterocycles. The van der Waals surface area contributed by atoms with Gasteiger partial charge >= 0.3 is 6.09 Å². The summed E-state index contributed by atoms with van der Waals surface area (Å²) in [6.45, 7) is 3.57. The monoisotopic (exact) mass is 291 g/mol. The van der Waals surface area contributed by atoms with Crippen molar-refractivity contribution in [3.05, 3.63) is 33.8 Å². The summed E-state index contributed by atoms with van der Waals surface area (Å²) in [5, 5.41) is 21.8. The molecule has 4 nitrogen and oxygen atoms in total. The molecule has 0 aliphatic carbocycles. The third kappa shape index (κ3) is 3.51. The Balaban J connectivity index is 3.21. The summed E-state index contributed by atoms with van der Waals surface area (Å²) in [7, 11) is 0. The molecule has 0 aromatic heterocycles. The van der Waals surface area contributed by atoms with Crippen LogP contribution in [-0.4, -0.2) is 22.4 Å². The van der Waals surface area contributed by atoms with Crippen LogP contribution in [0.15, 0.2) is 18.2 Å². The molecule has 1 aromatic carbocycles. The summed E-state index contributed by atoms with van der Waals surface area (Å²) in [6, 6.07) is 4.01. The van der Waals surface area contributed by atoms with Crippen molar-refractivity contribution in [1.29, 1.82) is 0 Å². The van der Waals surface area contributed by atoms with E-state index in [-0.39, 0.29) is 5.92 Å². The van der Waals surface area contributed by atoms with E-state index in [0.717, 1.165) is 0 Å². The first-order valence-electron chi connectivity index (χ1n) is 5.46. The van der Waals surface area contributed by atoms with Crippen LogP contribution in [0.5, 0.6) is 0 Å². The van der Waals surface area contributed by atoms with Gasteiger partial charge in [-0.25, -0.2) is 4.79 Å². The molecule has 0 saturated carbocycles. The number of nitrogens with one attached hydrogen (secondary N) is 1. The van der Waals surface area contributed by atoms with Crippen LogP contribution in [0.25, 0.3) is 0 Å². The molecule has 1 rings (SSSR count). The van der Waals surface area contributed by atoms with Gasteiger partial charge < -0.3 is 15.5 Å². The van der Waals surface area contributed by atoms with Gasteiger partial charge in [0.25, 0.3) is 0 Å². The van der Waals surface area contributed by atoms with Crippen molar-refractivity contribution in [3.63, 3.8) is 0 Å². The molecular formula is C12H15Cl2NO3. The summed E-state index contributed by atoms with van der Waals surface area (Å²) >= 11 is 12.1. The third-order valence-electron chi connectivity index (χ3n) is 2.61. The Morgan fingerprint density at radius 3 is 2.17 bits per heavy atom. The van der Waals surface area contributed by atoms with Gasteiger partial charge in [0.15, 0.2) is 0 Å². The van der Waals surface area contributed by atoms with Crippen LogP contribution in [0.1, 0.15) is 25.5 Å². The predicted octanol–water partition coefficient (Wildman–Crippen LogP) is 3.32. The Kier molecular flexibility index (Phi) is 5.26. The average Bonchev–Trinajstić information content (AvgIpc) is 2.25. The van der Waals surface area contributed by atoms with Crippen molar-refractivity contribution in [2.75, 3.05) is 0 Å². The largest absolute Gasteiger partial charge is 0.465 e. The molecule has 1 aromatic rings. The first-order chi connectivity index (χ1) is 8.34. The number of rotatable bonds is 4. The van der Waals surface area contributed by atoms with E-state index in [1.165, 1.54) is 0 Å². The Morgan fingerprint density at radius 2 is 1.78 bits per heavy atom. The molecule has 0 radical (unpaired) electrons. The minimum Gasteiger partial charge on any atom is -0.465 e. The highest BCUT2D eigenvalue weighted by Crippen LogP contribution is 2.33. The number of aliphatic hydroxyl groups excluding tert-OH is 1. The molecule has 6 heteroatoms. The first kappa shape index (κ1) is 15.1. The second-order valence-electron chi connectivity index (χ2n) is 4.30. The number of carbonyl (C=O) groups is 1. The topological polar surface area (TPSA) is 69.6 Å². The minimum atomic E-state index is -1.24. The smallest absolute Gasteiger partial charge is 0.405 e. The van der Waals surface area contributed by atoms with Crippen LogP contribution in [0.2, 0.25) is 10.0 Å². The van der Waals surface area contributed by atoms with E-state index in [0.29, 0.717) is 15.6 Å². The molecule has 0 heterocycles. The molecule has 0 spiro atoms. The number of carboxylic acid groups (broad SMARTS) is 1. The van der Waals surface area contributed by atoms with Gasteiger partial charge in [-0.2, -0.15) is 0 Å². The highest BCUT2D eigenvalue weighted by molar-refractivity contribution is 6.36. The molecule has 0 aliphatic rings. The Bertz CT molecular complexity index is 417. The van der Waals surface area contributed by atoms with Crippen LogP contribution in [0.4, 0.5) is 4.79 Å². The lowest BCUT2D eigenvalue weighted by Gasteiger charge is -2.27. The fourth-order valence-electron chi connectivity index (χ4n) is 1.65. The highest BCUT2D eigenvalue weighted by atomic mass is 35.5. The lowest BCUT2D eigenvalue weighted by atomic mass is 9.93. The molecule has 0 saturated heterocycles. The molecule has 18 heavy (non-hydrogen) atoms. The molecule has 0 unspecified atom stereocenters. The molecule has 0 fully saturated rings. The van der Waals surface area contributed by atoms with Crippen LogP contribution in [0, 0.1) is 5.92 Å². The number of benzene rings is 1. The summed E-state index contributed by atoms with van der Waals surface area (Å²) in [5.41, 5.74) is 0.393. The Hall–Kier alpha value is -0.970. The number of aliphatic hydroxyl groups is 1. The van der Waals surface area contributed by atoms with Crippen molar-refractivity contribution in [3.8, 4) is 0 Å². The van der Waals surface area contributed by atoms with Gasteiger partial charge in [-0.1, -0.05) is 43.1 Å². The number of hydrogen-bond donors (Lipinski definition) is 3. The average molecular weight is 292 g/mol. The van der Waals surface area contributed by atoms with Crippen molar-refractivity contribution < 1.29 is 15.0 Å². The zero-order valence-electron chi connectivity index (χ0n) is 10.0. The van der Waals surface area contributed by atoms with Gasteiger partial charge in [0.05, 0.1) is 12.1 Å². The molecule has 0 bridgehead atoms. The van der Waals surface area contributed by atoms with E-state index in [9.17, 15) is 9.90 Å². The standard InChI is InChI=1S/C12H15Cl2NO3/c1-6(2)11(16)10(15-12(17)18)9-7(13)4-3-5-8(9)14/h3-6,10-11,15-16H,1-2H3,(H,17,18)/t10-,11-/m0/s1. The second kappa shape index (κ2) is 6.27. The van der Waals surface area contributed by atoms with Crippen LogP contribution in [-0.2, 0) is 0 Å². The maximum absolute atomic E-state index is 10.8. The van der Waals surface area contributed by atoms with Gasteiger partial charge in [-0.05, 0) is 18.1 Å². The third-order valence-corrected chi connectivity index (χ3v) is 3.27. The van der Waals surface area contributed by atoms with Crippen LogP contribution in [0.3, 0.4) is 0 Å². The molecular weight excluding hydrogens is 277 g/mol. The molecule has 3 N–H and O–H groups in total. The fourth-order valence-corrected chi connectivity index (χ4v) is 2.29. The lowest BCUT2D eigenvalue weighted by molar-refractivity contribution is 0.0810. The summed E-state index contributed by atoms with van der Waals surface area (Å²) in [5.74, 6) is -0.144. The highest BCUT2D eigenvalue weighted by Gasteiger charge is 2.29. The number of hydrogen-bond acceptors (Lipinski definition) is 2. The van der Waals surface area contributed by atoms with Gasteiger partial charge in [0.2, 0.25) is 0 Å². The zero-order valence-corrected chi connectivity index (χ0v) is 11.5. The van der Waals surface area contributed by atoms with E-state index >= 15 is 0 Å². The Labute approximate surface area is 116 Å². The van der Waals surface area contributed by atoms with E-state index in [1.807, 2.05) is 0 Å². The summed E-state index contributed by atoms with van der Waals surface area (Å²) < 4.78 is 0. The van der Waals surface area contributed by atoms with E-state index in [2.05, 4.69) is 5.32 Å².